The van der Waals surface area contributed by atoms with Gasteiger partial charge >= 0.3 is 5.97 Å². The van der Waals surface area contributed by atoms with Crippen LogP contribution in [-0.4, -0.2) is 25.5 Å². The van der Waals surface area contributed by atoms with Crippen molar-refractivity contribution in [2.45, 2.75) is 19.9 Å². The van der Waals surface area contributed by atoms with E-state index in [0.717, 1.165) is 0 Å². The van der Waals surface area contributed by atoms with Crippen molar-refractivity contribution < 1.29 is 19.1 Å². The second-order valence-corrected chi connectivity index (χ2v) is 4.20. The summed E-state index contributed by atoms with van der Waals surface area (Å²) < 4.78 is 9.65. The molecule has 0 fully saturated rings. The Balaban J connectivity index is 2.91. The summed E-state index contributed by atoms with van der Waals surface area (Å²) in [6.45, 7) is 3.20. The molecule has 0 N–H and O–H groups in total. The van der Waals surface area contributed by atoms with Gasteiger partial charge in [0, 0.05) is 0 Å². The average molecular weight is 279 g/mol. The Morgan fingerprint density at radius 1 is 1.25 bits per heavy atom. The van der Waals surface area contributed by atoms with Crippen molar-refractivity contribution >= 4 is 11.8 Å². The lowest BCUT2D eigenvalue weighted by Crippen LogP contribution is -2.27. The van der Waals surface area contributed by atoms with Crippen LogP contribution in [0.2, 0.25) is 0 Å². The van der Waals surface area contributed by atoms with Gasteiger partial charge in [0.1, 0.15) is 11.8 Å². The van der Waals surface area contributed by atoms with E-state index in [-0.39, 0.29) is 6.61 Å². The molecule has 1 rings (SSSR count). The van der Waals surface area contributed by atoms with Crippen molar-refractivity contribution in [2.75, 3.05) is 13.7 Å². The molecule has 0 amide bonds. The lowest BCUT2D eigenvalue weighted by molar-refractivity contribution is -0.155. The third-order valence-electron chi connectivity index (χ3n) is 2.93. The quantitative estimate of drug-likeness (QED) is 0.434. The maximum Gasteiger partial charge on any atom is 0.374 e. The third kappa shape index (κ3) is 3.63. The molecule has 0 bridgehead atoms. The van der Waals surface area contributed by atoms with Crippen molar-refractivity contribution in [3.8, 4) is 5.75 Å². The fourth-order valence-corrected chi connectivity index (χ4v) is 1.77. The maximum atomic E-state index is 11.8. The van der Waals surface area contributed by atoms with Gasteiger partial charge < -0.3 is 9.47 Å². The highest BCUT2D eigenvalue weighted by Crippen LogP contribution is 2.28. The number of ketones is 1. The van der Waals surface area contributed by atoms with Crippen LogP contribution in [0.25, 0.3) is 0 Å². The number of benzene rings is 1. The van der Waals surface area contributed by atoms with Gasteiger partial charge in [-0.1, -0.05) is 24.2 Å². The molecule has 0 heterocycles. The monoisotopic (exact) mass is 279 g/mol. The zero-order valence-corrected chi connectivity index (χ0v) is 11.7. The lowest BCUT2D eigenvalue weighted by Gasteiger charge is -2.16. The maximum absolute atomic E-state index is 11.8. The van der Waals surface area contributed by atoms with Gasteiger partial charge in [-0.25, -0.2) is 4.79 Å². The number of carbonyl (C=O) groups excluding carboxylic acids is 2. The van der Waals surface area contributed by atoms with Gasteiger partial charge in [-0.15, -0.1) is 0 Å². The number of Topliss-reactive ketones (excluding diaryl/α,β-unsaturated/α-hetero) is 1. The van der Waals surface area contributed by atoms with E-state index in [2.05, 4.69) is 9.91 Å². The molecule has 0 aromatic heterocycles. The molecule has 6 nitrogen and oxygen atoms in total. The number of esters is 1. The summed E-state index contributed by atoms with van der Waals surface area (Å²) in [5.74, 6) is -1.95. The van der Waals surface area contributed by atoms with E-state index in [1.165, 1.54) is 14.0 Å². The molecule has 0 aliphatic heterocycles. The van der Waals surface area contributed by atoms with Gasteiger partial charge in [0.15, 0.2) is 0 Å². The molecule has 0 aliphatic rings. The van der Waals surface area contributed by atoms with E-state index in [9.17, 15) is 14.5 Å². The first-order valence-electron chi connectivity index (χ1n) is 6.22. The van der Waals surface area contributed by atoms with Crippen molar-refractivity contribution in [3.05, 3.63) is 34.7 Å². The number of hydrogen-bond acceptors (Lipinski definition) is 6. The highest BCUT2D eigenvalue weighted by Gasteiger charge is 2.31. The Hall–Kier alpha value is -2.24. The second kappa shape index (κ2) is 7.37. The second-order valence-electron chi connectivity index (χ2n) is 4.20. The smallest absolute Gasteiger partial charge is 0.374 e. The standard InChI is InChI=1S/C14H17NO5/c1-4-20-14(17)13(16)9(2)12(15-18)10-5-7-11(19-3)8-6-10/h5-9,12H,4H2,1-3H3. The van der Waals surface area contributed by atoms with Crippen LogP contribution in [0.5, 0.6) is 5.75 Å². The van der Waals surface area contributed by atoms with Crippen LogP contribution in [0.4, 0.5) is 0 Å². The molecule has 2 unspecified atom stereocenters. The van der Waals surface area contributed by atoms with Crippen LogP contribution < -0.4 is 4.74 Å². The number of nitroso groups, excluding NO2 is 1. The van der Waals surface area contributed by atoms with E-state index < -0.39 is 23.7 Å². The minimum Gasteiger partial charge on any atom is -0.497 e. The number of nitrogens with zero attached hydrogens (tertiary/aromatic N) is 1. The predicted octanol–water partition coefficient (Wildman–Crippen LogP) is 2.27. The lowest BCUT2D eigenvalue weighted by atomic mass is 9.91. The molecule has 0 saturated heterocycles. The summed E-state index contributed by atoms with van der Waals surface area (Å²) in [5, 5.41) is 2.96. The molecule has 6 heteroatoms. The van der Waals surface area contributed by atoms with Crippen molar-refractivity contribution in [1.82, 2.24) is 0 Å². The fraction of sp³-hybridized carbons (Fsp3) is 0.429. The van der Waals surface area contributed by atoms with Gasteiger partial charge in [0.05, 0.1) is 19.6 Å². The van der Waals surface area contributed by atoms with E-state index >= 15 is 0 Å². The van der Waals surface area contributed by atoms with E-state index in [0.29, 0.717) is 11.3 Å². The fourth-order valence-electron chi connectivity index (χ4n) is 1.77. The first kappa shape index (κ1) is 15.8. The van der Waals surface area contributed by atoms with Crippen LogP contribution >= 0.6 is 0 Å². The van der Waals surface area contributed by atoms with Crippen molar-refractivity contribution in [1.29, 1.82) is 0 Å². The van der Waals surface area contributed by atoms with E-state index in [4.69, 9.17) is 4.74 Å². The zero-order chi connectivity index (χ0) is 15.1. The number of methoxy groups -OCH3 is 1. The predicted molar refractivity (Wildman–Crippen MR) is 72.3 cm³/mol. The van der Waals surface area contributed by atoms with E-state index in [1.807, 2.05) is 0 Å². The van der Waals surface area contributed by atoms with Crippen molar-refractivity contribution in [3.63, 3.8) is 0 Å². The molecule has 0 aliphatic carbocycles. The summed E-state index contributed by atoms with van der Waals surface area (Å²) in [6, 6.07) is 5.67. The van der Waals surface area contributed by atoms with Crippen LogP contribution in [0, 0.1) is 10.8 Å². The molecule has 0 saturated carbocycles. The molecule has 108 valence electrons. The van der Waals surface area contributed by atoms with Gasteiger partial charge in [-0.2, -0.15) is 4.91 Å². The molecule has 1 aromatic carbocycles. The van der Waals surface area contributed by atoms with Crippen LogP contribution in [-0.2, 0) is 14.3 Å². The average Bonchev–Trinajstić information content (AvgIpc) is 2.48. The van der Waals surface area contributed by atoms with Gasteiger partial charge in [0.25, 0.3) is 0 Å². The third-order valence-corrected chi connectivity index (χ3v) is 2.93. The molecular weight excluding hydrogens is 262 g/mol. The number of ether oxygens (including phenoxy) is 2. The first-order chi connectivity index (χ1) is 9.54. The van der Waals surface area contributed by atoms with Crippen LogP contribution in [0.1, 0.15) is 25.5 Å². The molecule has 1 aromatic rings. The largest absolute Gasteiger partial charge is 0.497 e. The van der Waals surface area contributed by atoms with Gasteiger partial charge in [0.2, 0.25) is 5.78 Å². The molecule has 0 radical (unpaired) electrons. The minimum atomic E-state index is -0.942. The number of rotatable bonds is 7. The molecule has 20 heavy (non-hydrogen) atoms. The Labute approximate surface area is 117 Å². The molecule has 2 atom stereocenters. The zero-order valence-electron chi connectivity index (χ0n) is 11.7. The Kier molecular flexibility index (Phi) is 5.83. The summed E-state index contributed by atoms with van der Waals surface area (Å²) >= 11 is 0. The summed E-state index contributed by atoms with van der Waals surface area (Å²) in [7, 11) is 1.53. The summed E-state index contributed by atoms with van der Waals surface area (Å²) in [5.41, 5.74) is 0.547. The SMILES string of the molecule is CCOC(=O)C(=O)C(C)C(N=O)c1ccc(OC)cc1. The number of carbonyl (C=O) groups is 2. The summed E-state index contributed by atoms with van der Waals surface area (Å²) in [6.07, 6.45) is 0. The highest BCUT2D eigenvalue weighted by atomic mass is 16.5. The van der Waals surface area contributed by atoms with Crippen LogP contribution in [0.15, 0.2) is 29.4 Å². The van der Waals surface area contributed by atoms with Gasteiger partial charge in [-0.05, 0) is 24.6 Å². The Morgan fingerprint density at radius 2 is 1.85 bits per heavy atom. The molecule has 0 spiro atoms. The Morgan fingerprint density at radius 3 is 2.30 bits per heavy atom. The van der Waals surface area contributed by atoms with Crippen molar-refractivity contribution in [2.24, 2.45) is 11.1 Å². The minimum absolute atomic E-state index is 0.110. The van der Waals surface area contributed by atoms with Gasteiger partial charge in [-0.3, -0.25) is 4.79 Å². The number of hydrogen-bond donors (Lipinski definition) is 0. The Bertz CT molecular complexity index is 483. The van der Waals surface area contributed by atoms with E-state index in [1.54, 1.807) is 31.2 Å². The summed E-state index contributed by atoms with van der Waals surface area (Å²) in [4.78, 5) is 34.2. The topological polar surface area (TPSA) is 82.0 Å². The first-order valence-corrected chi connectivity index (χ1v) is 6.22. The normalized spacial score (nSPS) is 13.2. The molecular formula is C14H17NO5. The highest BCUT2D eigenvalue weighted by molar-refractivity contribution is 6.34. The van der Waals surface area contributed by atoms with Crippen LogP contribution in [0.3, 0.4) is 0 Å².